The highest BCUT2D eigenvalue weighted by Crippen LogP contribution is 2.33. The molecule has 3 rings (SSSR count). The maximum Gasteiger partial charge on any atom is 0.0789 e. The SMILES string of the molecule is ClC/C(=C/c1ccc(Cl)c2cccnc12)C1CCCCC1. The van der Waals surface area contributed by atoms with E-state index < -0.39 is 0 Å². The van der Waals surface area contributed by atoms with E-state index in [0.717, 1.165) is 21.5 Å². The third-order valence-electron chi connectivity index (χ3n) is 4.37. The van der Waals surface area contributed by atoms with E-state index in [4.69, 9.17) is 23.2 Å². The van der Waals surface area contributed by atoms with E-state index >= 15 is 0 Å². The number of pyridine rings is 1. The maximum atomic E-state index is 6.26. The van der Waals surface area contributed by atoms with Gasteiger partial charge in [0.15, 0.2) is 0 Å². The molecule has 1 aliphatic rings. The summed E-state index contributed by atoms with van der Waals surface area (Å²) >= 11 is 12.5. The number of hydrogen-bond acceptors (Lipinski definition) is 1. The molecule has 0 bridgehead atoms. The van der Waals surface area contributed by atoms with Crippen molar-refractivity contribution in [3.05, 3.63) is 46.6 Å². The second kappa shape index (κ2) is 6.81. The van der Waals surface area contributed by atoms with Gasteiger partial charge in [0.05, 0.1) is 10.5 Å². The number of aromatic nitrogens is 1. The molecule has 0 unspecified atom stereocenters. The Bertz CT molecular complexity index is 657. The molecule has 0 atom stereocenters. The summed E-state index contributed by atoms with van der Waals surface area (Å²) in [5, 5.41) is 1.76. The molecule has 0 spiro atoms. The summed E-state index contributed by atoms with van der Waals surface area (Å²) in [5.74, 6) is 1.23. The van der Waals surface area contributed by atoms with Crippen LogP contribution >= 0.6 is 23.2 Å². The van der Waals surface area contributed by atoms with Crippen molar-refractivity contribution in [2.75, 3.05) is 5.88 Å². The molecule has 2 aromatic rings. The number of hydrogen-bond donors (Lipinski definition) is 0. The van der Waals surface area contributed by atoms with Gasteiger partial charge >= 0.3 is 0 Å². The number of fused-ring (bicyclic) bond motifs is 1. The van der Waals surface area contributed by atoms with Crippen LogP contribution in [0.5, 0.6) is 0 Å². The molecule has 0 aliphatic heterocycles. The van der Waals surface area contributed by atoms with E-state index in [2.05, 4.69) is 11.1 Å². The average Bonchev–Trinajstić information content (AvgIpc) is 2.55. The minimum atomic E-state index is 0.599. The largest absolute Gasteiger partial charge is 0.256 e. The predicted octanol–water partition coefficient (Wildman–Crippen LogP) is 6.09. The molecule has 1 heterocycles. The molecular weight excluding hydrogens is 301 g/mol. The van der Waals surface area contributed by atoms with E-state index in [-0.39, 0.29) is 0 Å². The Morgan fingerprint density at radius 2 is 2.00 bits per heavy atom. The van der Waals surface area contributed by atoms with Crippen LogP contribution in [0.4, 0.5) is 0 Å². The molecule has 0 amide bonds. The van der Waals surface area contributed by atoms with Gasteiger partial charge < -0.3 is 0 Å². The zero-order valence-electron chi connectivity index (χ0n) is 12.0. The Kier molecular flexibility index (Phi) is 4.82. The summed E-state index contributed by atoms with van der Waals surface area (Å²) in [5.41, 5.74) is 3.42. The van der Waals surface area contributed by atoms with Gasteiger partial charge in [-0.1, -0.05) is 48.6 Å². The third kappa shape index (κ3) is 3.25. The van der Waals surface area contributed by atoms with Crippen LogP contribution in [0.15, 0.2) is 36.0 Å². The lowest BCUT2D eigenvalue weighted by Crippen LogP contribution is -2.10. The first kappa shape index (κ1) is 14.9. The van der Waals surface area contributed by atoms with Crippen LogP contribution in [0.1, 0.15) is 37.7 Å². The van der Waals surface area contributed by atoms with Gasteiger partial charge in [-0.3, -0.25) is 4.98 Å². The van der Waals surface area contributed by atoms with Crippen molar-refractivity contribution < 1.29 is 0 Å². The van der Waals surface area contributed by atoms with Crippen LogP contribution in [0.2, 0.25) is 5.02 Å². The Morgan fingerprint density at radius 3 is 2.76 bits per heavy atom. The van der Waals surface area contributed by atoms with E-state index in [1.807, 2.05) is 30.5 Å². The average molecular weight is 320 g/mol. The number of benzene rings is 1. The quantitative estimate of drug-likeness (QED) is 0.624. The summed E-state index contributed by atoms with van der Waals surface area (Å²) in [6.07, 6.45) is 10.6. The number of nitrogens with zero attached hydrogens (tertiary/aromatic N) is 1. The molecule has 1 aromatic heterocycles. The van der Waals surface area contributed by atoms with Crippen molar-refractivity contribution in [1.82, 2.24) is 4.98 Å². The standard InChI is InChI=1S/C18H19Cl2N/c19-12-15(13-5-2-1-3-6-13)11-14-8-9-17(20)16-7-4-10-21-18(14)16/h4,7-11,13H,1-3,5-6,12H2/b15-11-. The van der Waals surface area contributed by atoms with Gasteiger partial charge in [0.2, 0.25) is 0 Å². The summed E-state index contributed by atoms with van der Waals surface area (Å²) in [6.45, 7) is 0. The van der Waals surface area contributed by atoms with Gasteiger partial charge in [-0.05, 0) is 37.0 Å². The van der Waals surface area contributed by atoms with Crippen LogP contribution in [0.25, 0.3) is 17.0 Å². The molecule has 110 valence electrons. The fourth-order valence-corrected chi connectivity index (χ4v) is 3.73. The Morgan fingerprint density at radius 1 is 1.19 bits per heavy atom. The van der Waals surface area contributed by atoms with Crippen LogP contribution < -0.4 is 0 Å². The summed E-state index contributed by atoms with van der Waals surface area (Å²) in [6, 6.07) is 7.94. The summed E-state index contributed by atoms with van der Waals surface area (Å²) in [7, 11) is 0. The van der Waals surface area contributed by atoms with E-state index in [0.29, 0.717) is 11.8 Å². The van der Waals surface area contributed by atoms with Crippen molar-refractivity contribution in [3.8, 4) is 0 Å². The Balaban J connectivity index is 2.02. The highest BCUT2D eigenvalue weighted by molar-refractivity contribution is 6.35. The zero-order chi connectivity index (χ0) is 14.7. The molecule has 3 heteroatoms. The summed E-state index contributed by atoms with van der Waals surface area (Å²) < 4.78 is 0. The molecule has 1 nitrogen and oxygen atoms in total. The van der Waals surface area contributed by atoms with E-state index in [9.17, 15) is 0 Å². The number of allylic oxidation sites excluding steroid dienone is 1. The predicted molar refractivity (Wildman–Crippen MR) is 92.0 cm³/mol. The van der Waals surface area contributed by atoms with Gasteiger partial charge in [0, 0.05) is 23.0 Å². The lowest BCUT2D eigenvalue weighted by molar-refractivity contribution is 0.405. The second-order valence-electron chi connectivity index (χ2n) is 5.72. The first-order valence-corrected chi connectivity index (χ1v) is 8.50. The van der Waals surface area contributed by atoms with Gasteiger partial charge in [-0.15, -0.1) is 11.6 Å². The molecule has 1 saturated carbocycles. The van der Waals surface area contributed by atoms with Crippen molar-refractivity contribution in [2.24, 2.45) is 5.92 Å². The monoisotopic (exact) mass is 319 g/mol. The fourth-order valence-electron chi connectivity index (χ4n) is 3.21. The number of halogens is 2. The Labute approximate surface area is 136 Å². The minimum Gasteiger partial charge on any atom is -0.256 e. The minimum absolute atomic E-state index is 0.599. The van der Waals surface area contributed by atoms with Crippen LogP contribution in [-0.4, -0.2) is 10.9 Å². The van der Waals surface area contributed by atoms with E-state index in [1.54, 1.807) is 0 Å². The molecule has 1 aliphatic carbocycles. The van der Waals surface area contributed by atoms with Crippen LogP contribution in [0, 0.1) is 5.92 Å². The van der Waals surface area contributed by atoms with Gasteiger partial charge in [0.25, 0.3) is 0 Å². The molecule has 21 heavy (non-hydrogen) atoms. The highest BCUT2D eigenvalue weighted by atomic mass is 35.5. The number of rotatable bonds is 3. The Hall–Kier alpha value is -1.05. The van der Waals surface area contributed by atoms with Crippen LogP contribution in [0.3, 0.4) is 0 Å². The second-order valence-corrected chi connectivity index (χ2v) is 6.40. The molecule has 0 radical (unpaired) electrons. The smallest absolute Gasteiger partial charge is 0.0789 e. The lowest BCUT2D eigenvalue weighted by Gasteiger charge is -2.23. The molecule has 0 N–H and O–H groups in total. The molecule has 0 saturated heterocycles. The maximum absolute atomic E-state index is 6.26. The van der Waals surface area contributed by atoms with Crippen molar-refractivity contribution in [3.63, 3.8) is 0 Å². The highest BCUT2D eigenvalue weighted by Gasteiger charge is 2.17. The molecular formula is C18H19Cl2N. The first-order chi connectivity index (χ1) is 10.3. The van der Waals surface area contributed by atoms with E-state index in [1.165, 1.54) is 37.7 Å². The lowest BCUT2D eigenvalue weighted by atomic mass is 9.83. The van der Waals surface area contributed by atoms with Gasteiger partial charge in [0.1, 0.15) is 0 Å². The van der Waals surface area contributed by atoms with Gasteiger partial charge in [-0.25, -0.2) is 0 Å². The fraction of sp³-hybridized carbons (Fsp3) is 0.389. The first-order valence-electron chi connectivity index (χ1n) is 7.59. The molecule has 1 aromatic carbocycles. The number of alkyl halides is 1. The van der Waals surface area contributed by atoms with Crippen molar-refractivity contribution in [2.45, 2.75) is 32.1 Å². The molecule has 1 fully saturated rings. The van der Waals surface area contributed by atoms with Gasteiger partial charge in [-0.2, -0.15) is 0 Å². The van der Waals surface area contributed by atoms with Crippen molar-refractivity contribution in [1.29, 1.82) is 0 Å². The van der Waals surface area contributed by atoms with Crippen molar-refractivity contribution >= 4 is 40.2 Å². The van der Waals surface area contributed by atoms with Crippen LogP contribution in [-0.2, 0) is 0 Å². The summed E-state index contributed by atoms with van der Waals surface area (Å²) in [4.78, 5) is 4.50. The topological polar surface area (TPSA) is 12.9 Å². The normalized spacial score (nSPS) is 17.3. The zero-order valence-corrected chi connectivity index (χ0v) is 13.5. The third-order valence-corrected chi connectivity index (χ3v) is 5.01.